The van der Waals surface area contributed by atoms with Crippen LogP contribution in [0.15, 0.2) is 163 Å². The Morgan fingerprint density at radius 3 is 2.05 bits per heavy atom. The van der Waals surface area contributed by atoms with Gasteiger partial charge in [-0.15, -0.1) is 0 Å². The quantitative estimate of drug-likeness (QED) is 0.222. The minimum atomic E-state index is 0.917. The molecule has 5 aromatic carbocycles. The molecule has 3 heterocycles. The van der Waals surface area contributed by atoms with E-state index in [1.807, 2.05) is 114 Å². The molecule has 0 atom stereocenters. The molecule has 0 aliphatic rings. The first-order chi connectivity index (χ1) is 20.7. The average Bonchev–Trinajstić information content (AvgIpc) is 3.80. The lowest BCUT2D eigenvalue weighted by Crippen LogP contribution is -2.30. The Balaban J connectivity index is 0.000000139. The largest absolute Gasteiger partial charge is 0.452 e. The topological polar surface area (TPSA) is 43.7 Å². The normalized spacial score (nSPS) is 11.0. The van der Waals surface area contributed by atoms with E-state index in [-0.39, 0.29) is 0 Å². The molecule has 6 heteroatoms. The molecule has 202 valence electrons. The molecule has 0 spiro atoms. The fraction of sp³-hybridized carbons (Fsp3) is 0.0278. The van der Waals surface area contributed by atoms with Crippen LogP contribution in [-0.4, -0.2) is 14.3 Å². The maximum absolute atomic E-state index is 6.02. The third-order valence-corrected chi connectivity index (χ3v) is 7.17. The van der Waals surface area contributed by atoms with Crippen LogP contribution in [0.4, 0.5) is 0 Å². The predicted octanol–water partition coefficient (Wildman–Crippen LogP) is 7.02. The maximum Gasteiger partial charge on any atom is 0.314 e. The summed E-state index contributed by atoms with van der Waals surface area (Å²) in [5.41, 5.74) is 6.15. The van der Waals surface area contributed by atoms with E-state index in [2.05, 4.69) is 69.8 Å². The predicted molar refractivity (Wildman–Crippen MR) is 165 cm³/mol. The van der Waals surface area contributed by atoms with Crippen molar-refractivity contribution in [1.82, 2.24) is 14.3 Å². The van der Waals surface area contributed by atoms with E-state index >= 15 is 0 Å². The monoisotopic (exact) mass is 547 g/mol. The lowest BCUT2D eigenvalue weighted by Gasteiger charge is -1.99. The van der Waals surface area contributed by atoms with Crippen molar-refractivity contribution in [2.45, 2.75) is 0 Å². The lowest BCUT2D eigenvalue weighted by atomic mass is 10.1. The second-order valence-electron chi connectivity index (χ2n) is 10.0. The second-order valence-corrected chi connectivity index (χ2v) is 10.0. The highest BCUT2D eigenvalue weighted by Gasteiger charge is 2.21. The van der Waals surface area contributed by atoms with Gasteiger partial charge in [-0.25, -0.2) is 4.57 Å². The Kier molecular flexibility index (Phi) is 6.62. The highest BCUT2D eigenvalue weighted by molar-refractivity contribution is 6.07. The number of aryl methyl sites for hydroxylation is 1. The van der Waals surface area contributed by atoms with Gasteiger partial charge in [0.2, 0.25) is 12.7 Å². The zero-order valence-corrected chi connectivity index (χ0v) is 23.2. The van der Waals surface area contributed by atoms with Gasteiger partial charge < -0.3 is 4.42 Å². The molecule has 0 saturated carbocycles. The summed E-state index contributed by atoms with van der Waals surface area (Å²) in [6.07, 6.45) is 8.10. The van der Waals surface area contributed by atoms with Gasteiger partial charge in [0, 0.05) is 10.8 Å². The number of hydrogen-bond acceptors (Lipinski definition) is 2. The molecular weight excluding hydrogens is 518 g/mol. The van der Waals surface area contributed by atoms with Crippen molar-refractivity contribution in [3.8, 4) is 28.5 Å². The molecule has 0 aliphatic carbocycles. The number of rotatable bonds is 4. The molecule has 42 heavy (non-hydrogen) atoms. The van der Waals surface area contributed by atoms with Crippen molar-refractivity contribution in [2.75, 3.05) is 0 Å². The highest BCUT2D eigenvalue weighted by Crippen LogP contribution is 2.32. The van der Waals surface area contributed by atoms with Crippen LogP contribution in [0.5, 0.6) is 0 Å². The second kappa shape index (κ2) is 11.0. The van der Waals surface area contributed by atoms with E-state index in [4.69, 9.17) is 9.52 Å². The Morgan fingerprint density at radius 2 is 1.31 bits per heavy atom. The number of imidazole rings is 1. The Morgan fingerprint density at radius 1 is 0.643 bits per heavy atom. The van der Waals surface area contributed by atoms with Crippen LogP contribution in [0.1, 0.15) is 0 Å². The number of nitrogens with zero attached hydrogens (tertiary/aromatic N) is 5. The van der Waals surface area contributed by atoms with Crippen molar-refractivity contribution in [1.29, 1.82) is 0 Å². The standard InChI is InChI=1S/C20H16N3.C16H13N2O/c1-4-10-17(11-5-1)20-21-23(19-14-8-3-9-15-19)16-22(20)18-12-6-2-7-13-18;1-17-9-10-18(11-17)14-7-4-6-13-12-5-2-3-8-15(12)19-16(13)14/h1-16H;2-11H,1H3/q2*+1. The SMILES string of the molecule is C[n+]1ccn(-c2cccc3c2oc2ccccc23)c1.c1ccc(-c2nn(-c3ccccc3)c[n+]2-c2ccccc2)cc1. The maximum atomic E-state index is 6.02. The van der Waals surface area contributed by atoms with Gasteiger partial charge in [-0.05, 0) is 48.5 Å². The van der Waals surface area contributed by atoms with E-state index < -0.39 is 0 Å². The van der Waals surface area contributed by atoms with E-state index in [9.17, 15) is 0 Å². The van der Waals surface area contributed by atoms with Crippen LogP contribution in [0.3, 0.4) is 0 Å². The molecule has 0 saturated heterocycles. The minimum absolute atomic E-state index is 0.917. The molecule has 0 N–H and O–H groups in total. The molecular formula is C36H29N5O+2. The summed E-state index contributed by atoms with van der Waals surface area (Å²) in [6.45, 7) is 0. The van der Waals surface area contributed by atoms with Gasteiger partial charge in [0.25, 0.3) is 0 Å². The molecule has 0 amide bonds. The lowest BCUT2D eigenvalue weighted by molar-refractivity contribution is -0.670. The number of aromatic nitrogens is 5. The third-order valence-electron chi connectivity index (χ3n) is 7.17. The van der Waals surface area contributed by atoms with E-state index in [1.54, 1.807) is 0 Å². The Bertz CT molecular complexity index is 2030. The van der Waals surface area contributed by atoms with Crippen molar-refractivity contribution in [3.05, 3.63) is 159 Å². The fourth-order valence-corrected chi connectivity index (χ4v) is 5.14. The van der Waals surface area contributed by atoms with Crippen LogP contribution in [0.25, 0.3) is 50.4 Å². The molecule has 0 fully saturated rings. The molecule has 0 unspecified atom stereocenters. The summed E-state index contributed by atoms with van der Waals surface area (Å²) < 4.78 is 14.1. The van der Waals surface area contributed by atoms with Crippen molar-refractivity contribution >= 4 is 21.9 Å². The van der Waals surface area contributed by atoms with Crippen LogP contribution in [0.2, 0.25) is 0 Å². The third kappa shape index (κ3) is 4.86. The summed E-state index contributed by atoms with van der Waals surface area (Å²) >= 11 is 0. The first kappa shape index (κ1) is 25.2. The average molecular weight is 548 g/mol. The van der Waals surface area contributed by atoms with Gasteiger partial charge in [0.1, 0.15) is 29.4 Å². The first-order valence-electron chi connectivity index (χ1n) is 13.9. The highest BCUT2D eigenvalue weighted by atomic mass is 16.3. The Hall–Kier alpha value is -5.75. The zero-order chi connectivity index (χ0) is 28.3. The first-order valence-corrected chi connectivity index (χ1v) is 13.9. The summed E-state index contributed by atoms with van der Waals surface area (Å²) in [7, 11) is 2.01. The minimum Gasteiger partial charge on any atom is -0.452 e. The molecule has 0 aliphatic heterocycles. The van der Waals surface area contributed by atoms with E-state index in [1.165, 1.54) is 0 Å². The molecule has 6 nitrogen and oxygen atoms in total. The van der Waals surface area contributed by atoms with Gasteiger partial charge in [-0.2, -0.15) is 9.13 Å². The number of fused-ring (bicyclic) bond motifs is 3. The molecule has 0 radical (unpaired) electrons. The summed E-state index contributed by atoms with van der Waals surface area (Å²) in [4.78, 5) is 0. The van der Waals surface area contributed by atoms with Gasteiger partial charge in [0.05, 0.1) is 17.7 Å². The van der Waals surface area contributed by atoms with E-state index in [0.29, 0.717) is 0 Å². The summed E-state index contributed by atoms with van der Waals surface area (Å²) in [6, 6.07) is 45.1. The van der Waals surface area contributed by atoms with Gasteiger partial charge >= 0.3 is 5.82 Å². The Labute approximate surface area is 243 Å². The number of hydrogen-bond donors (Lipinski definition) is 0. The molecule has 3 aromatic heterocycles. The van der Waals surface area contributed by atoms with Crippen LogP contribution in [0, 0.1) is 0 Å². The summed E-state index contributed by atoms with van der Waals surface area (Å²) in [5, 5.41) is 7.13. The number of furan rings is 1. The van der Waals surface area contributed by atoms with Gasteiger partial charge in [0.15, 0.2) is 11.3 Å². The van der Waals surface area contributed by atoms with Crippen LogP contribution < -0.4 is 9.13 Å². The smallest absolute Gasteiger partial charge is 0.314 e. The van der Waals surface area contributed by atoms with Crippen LogP contribution in [-0.2, 0) is 7.05 Å². The summed E-state index contributed by atoms with van der Waals surface area (Å²) in [5.74, 6) is 0.917. The van der Waals surface area contributed by atoms with Gasteiger partial charge in [-0.3, -0.25) is 0 Å². The number of benzene rings is 5. The van der Waals surface area contributed by atoms with Crippen molar-refractivity contribution in [2.24, 2.45) is 7.05 Å². The fourth-order valence-electron chi connectivity index (χ4n) is 5.14. The molecule has 8 aromatic rings. The van der Waals surface area contributed by atoms with E-state index in [0.717, 1.165) is 50.4 Å². The number of para-hydroxylation sites is 4. The van der Waals surface area contributed by atoms with Crippen molar-refractivity contribution < 1.29 is 13.6 Å². The van der Waals surface area contributed by atoms with Gasteiger partial charge in [-0.1, -0.05) is 89.6 Å². The molecule has 8 rings (SSSR count). The zero-order valence-electron chi connectivity index (χ0n) is 23.2. The molecule has 0 bridgehead atoms. The van der Waals surface area contributed by atoms with Crippen LogP contribution >= 0.6 is 0 Å². The van der Waals surface area contributed by atoms with Crippen molar-refractivity contribution in [3.63, 3.8) is 0 Å².